The normalized spacial score (nSPS) is 13.4. The highest BCUT2D eigenvalue weighted by Gasteiger charge is 2.34. The highest BCUT2D eigenvalue weighted by atomic mass is 19.4. The van der Waals surface area contributed by atoms with Gasteiger partial charge in [0.15, 0.2) is 5.78 Å². The number of alkyl halides is 3. The van der Waals surface area contributed by atoms with E-state index in [0.29, 0.717) is 12.1 Å². The van der Waals surface area contributed by atoms with E-state index in [1.54, 1.807) is 6.92 Å². The molecule has 0 aliphatic carbocycles. The van der Waals surface area contributed by atoms with Gasteiger partial charge in [-0.2, -0.15) is 13.2 Å². The maximum atomic E-state index is 13.0. The predicted molar refractivity (Wildman–Crippen MR) is 58.6 cm³/mol. The van der Waals surface area contributed by atoms with Gasteiger partial charge in [-0.3, -0.25) is 4.79 Å². The first kappa shape index (κ1) is 14.6. The smallest absolute Gasteiger partial charge is 0.330 e. The predicted octanol–water partition coefficient (Wildman–Crippen LogP) is 3.01. The van der Waals surface area contributed by atoms with E-state index in [0.717, 1.165) is 6.07 Å². The summed E-state index contributed by atoms with van der Waals surface area (Å²) >= 11 is 0. The van der Waals surface area contributed by atoms with E-state index < -0.39 is 23.3 Å². The summed E-state index contributed by atoms with van der Waals surface area (Å²) in [6.07, 6.45) is -4.76. The Balaban J connectivity index is 3.02. The van der Waals surface area contributed by atoms with Crippen LogP contribution in [0.2, 0.25) is 0 Å². The molecule has 1 unspecified atom stereocenters. The summed E-state index contributed by atoms with van der Waals surface area (Å²) in [4.78, 5) is 11.7. The number of Topliss-reactive ketones (excluding diaryl/α,β-unsaturated/α-hetero) is 1. The molecular formula is C12H13F4NO. The van der Waals surface area contributed by atoms with Gasteiger partial charge in [0.2, 0.25) is 0 Å². The monoisotopic (exact) mass is 263 g/mol. The maximum Gasteiger partial charge on any atom is 0.419 e. The third-order valence-corrected chi connectivity index (χ3v) is 2.53. The molecule has 0 saturated heterocycles. The van der Waals surface area contributed by atoms with Crippen molar-refractivity contribution < 1.29 is 22.4 Å². The van der Waals surface area contributed by atoms with Gasteiger partial charge in [-0.05, 0) is 30.7 Å². The average molecular weight is 263 g/mol. The van der Waals surface area contributed by atoms with Crippen molar-refractivity contribution in [3.8, 4) is 0 Å². The van der Waals surface area contributed by atoms with E-state index in [1.807, 2.05) is 0 Å². The fourth-order valence-corrected chi connectivity index (χ4v) is 1.43. The number of rotatable bonds is 4. The van der Waals surface area contributed by atoms with Crippen LogP contribution in [0.4, 0.5) is 17.6 Å². The summed E-state index contributed by atoms with van der Waals surface area (Å²) < 4.78 is 50.4. The molecule has 6 heteroatoms. The molecule has 1 aromatic carbocycles. The van der Waals surface area contributed by atoms with Crippen LogP contribution in [-0.4, -0.2) is 12.3 Å². The highest BCUT2D eigenvalue weighted by Crippen LogP contribution is 2.32. The van der Waals surface area contributed by atoms with Crippen molar-refractivity contribution in [3.05, 3.63) is 35.1 Å². The Hall–Kier alpha value is -1.43. The Morgan fingerprint density at radius 2 is 2.00 bits per heavy atom. The van der Waals surface area contributed by atoms with Crippen LogP contribution in [0, 0.1) is 11.7 Å². The molecule has 1 rings (SSSR count). The van der Waals surface area contributed by atoms with Gasteiger partial charge in [-0.15, -0.1) is 0 Å². The molecule has 0 aliphatic rings. The van der Waals surface area contributed by atoms with Crippen LogP contribution in [0.3, 0.4) is 0 Å². The van der Waals surface area contributed by atoms with Gasteiger partial charge >= 0.3 is 6.18 Å². The van der Waals surface area contributed by atoms with Crippen molar-refractivity contribution in [3.63, 3.8) is 0 Å². The maximum absolute atomic E-state index is 13.0. The molecular weight excluding hydrogens is 250 g/mol. The molecule has 0 saturated carbocycles. The van der Waals surface area contributed by atoms with Gasteiger partial charge in [-0.25, -0.2) is 4.39 Å². The van der Waals surface area contributed by atoms with Crippen LogP contribution in [0.5, 0.6) is 0 Å². The molecule has 0 aromatic heterocycles. The van der Waals surface area contributed by atoms with E-state index in [1.165, 1.54) is 0 Å². The first-order valence-electron chi connectivity index (χ1n) is 5.35. The highest BCUT2D eigenvalue weighted by molar-refractivity contribution is 5.96. The Morgan fingerprint density at radius 3 is 2.50 bits per heavy atom. The van der Waals surface area contributed by atoms with Crippen molar-refractivity contribution in [2.75, 3.05) is 6.54 Å². The quantitative estimate of drug-likeness (QED) is 0.670. The number of ketones is 1. The van der Waals surface area contributed by atoms with Gasteiger partial charge in [0.25, 0.3) is 0 Å². The van der Waals surface area contributed by atoms with E-state index >= 15 is 0 Å². The standard InChI is InChI=1S/C12H13F4NO/c1-7(6-17)4-11(18)8-2-3-10(13)9(5-8)12(14,15)16/h2-3,5,7H,4,6,17H2,1H3. The SMILES string of the molecule is CC(CN)CC(=O)c1ccc(F)c(C(F)(F)F)c1. The number of hydrogen-bond donors (Lipinski definition) is 1. The lowest BCUT2D eigenvalue weighted by atomic mass is 9.98. The minimum Gasteiger partial charge on any atom is -0.330 e. The minimum atomic E-state index is -4.81. The molecule has 0 fully saturated rings. The number of carbonyl (C=O) groups is 1. The van der Waals surface area contributed by atoms with E-state index in [2.05, 4.69) is 0 Å². The van der Waals surface area contributed by atoms with Crippen LogP contribution < -0.4 is 5.73 Å². The summed E-state index contributed by atoms with van der Waals surface area (Å²) in [5, 5.41) is 0. The Bertz CT molecular complexity index is 442. The topological polar surface area (TPSA) is 43.1 Å². The van der Waals surface area contributed by atoms with Crippen molar-refractivity contribution in [1.82, 2.24) is 0 Å². The van der Waals surface area contributed by atoms with Gasteiger partial charge < -0.3 is 5.73 Å². The fraction of sp³-hybridized carbons (Fsp3) is 0.417. The zero-order chi connectivity index (χ0) is 13.9. The Morgan fingerprint density at radius 1 is 1.39 bits per heavy atom. The lowest BCUT2D eigenvalue weighted by Crippen LogP contribution is -2.16. The van der Waals surface area contributed by atoms with Crippen molar-refractivity contribution >= 4 is 5.78 Å². The molecule has 0 amide bonds. The zero-order valence-electron chi connectivity index (χ0n) is 9.72. The second kappa shape index (κ2) is 5.48. The summed E-state index contributed by atoms with van der Waals surface area (Å²) in [6.45, 7) is 1.98. The average Bonchev–Trinajstić information content (AvgIpc) is 2.27. The van der Waals surface area contributed by atoms with Crippen LogP contribution in [0.15, 0.2) is 18.2 Å². The molecule has 1 aromatic rings. The van der Waals surface area contributed by atoms with Crippen LogP contribution >= 0.6 is 0 Å². The number of hydrogen-bond acceptors (Lipinski definition) is 2. The molecule has 2 nitrogen and oxygen atoms in total. The van der Waals surface area contributed by atoms with E-state index in [9.17, 15) is 22.4 Å². The molecule has 0 spiro atoms. The molecule has 100 valence electrons. The summed E-state index contributed by atoms with van der Waals surface area (Å²) in [5.74, 6) is -1.98. The summed E-state index contributed by atoms with van der Waals surface area (Å²) in [5.41, 5.74) is 3.76. The fourth-order valence-electron chi connectivity index (χ4n) is 1.43. The molecule has 0 bridgehead atoms. The minimum absolute atomic E-state index is 0.0411. The van der Waals surface area contributed by atoms with Gasteiger partial charge in [0.05, 0.1) is 5.56 Å². The molecule has 1 atom stereocenters. The van der Waals surface area contributed by atoms with E-state index in [-0.39, 0.29) is 24.4 Å². The number of halogens is 4. The summed E-state index contributed by atoms with van der Waals surface area (Å²) in [6, 6.07) is 2.25. The van der Waals surface area contributed by atoms with Crippen LogP contribution in [0.25, 0.3) is 0 Å². The van der Waals surface area contributed by atoms with E-state index in [4.69, 9.17) is 5.73 Å². The third kappa shape index (κ3) is 3.53. The lowest BCUT2D eigenvalue weighted by molar-refractivity contribution is -0.140. The van der Waals surface area contributed by atoms with Gasteiger partial charge in [0.1, 0.15) is 5.82 Å². The van der Waals surface area contributed by atoms with Crippen molar-refractivity contribution in [2.24, 2.45) is 11.7 Å². The third-order valence-electron chi connectivity index (χ3n) is 2.53. The second-order valence-corrected chi connectivity index (χ2v) is 4.16. The first-order valence-corrected chi connectivity index (χ1v) is 5.35. The van der Waals surface area contributed by atoms with Gasteiger partial charge in [-0.1, -0.05) is 6.92 Å². The van der Waals surface area contributed by atoms with Crippen LogP contribution in [-0.2, 0) is 6.18 Å². The Labute approximate surface area is 102 Å². The van der Waals surface area contributed by atoms with Crippen molar-refractivity contribution in [1.29, 1.82) is 0 Å². The van der Waals surface area contributed by atoms with Crippen molar-refractivity contribution in [2.45, 2.75) is 19.5 Å². The molecule has 0 heterocycles. The Kier molecular flexibility index (Phi) is 4.45. The van der Waals surface area contributed by atoms with Gasteiger partial charge in [0, 0.05) is 12.0 Å². The zero-order valence-corrected chi connectivity index (χ0v) is 9.72. The molecule has 18 heavy (non-hydrogen) atoms. The number of carbonyl (C=O) groups excluding carboxylic acids is 1. The molecule has 0 aliphatic heterocycles. The second-order valence-electron chi connectivity index (χ2n) is 4.16. The van der Waals surface area contributed by atoms with Crippen LogP contribution in [0.1, 0.15) is 29.3 Å². The number of nitrogens with two attached hydrogens (primary N) is 1. The lowest BCUT2D eigenvalue weighted by Gasteiger charge is -2.11. The summed E-state index contributed by atoms with van der Waals surface area (Å²) in [7, 11) is 0. The first-order chi connectivity index (χ1) is 8.25. The molecule has 2 N–H and O–H groups in total. The molecule has 0 radical (unpaired) electrons. The number of benzene rings is 1. The largest absolute Gasteiger partial charge is 0.419 e.